The molecule has 4 nitrogen and oxygen atoms in total. The summed E-state index contributed by atoms with van der Waals surface area (Å²) in [6.07, 6.45) is -2.38. The molecular formula is C19H30F3IN4. The van der Waals surface area contributed by atoms with Gasteiger partial charge in [0.15, 0.2) is 5.96 Å². The van der Waals surface area contributed by atoms with E-state index >= 15 is 0 Å². The van der Waals surface area contributed by atoms with E-state index in [0.717, 1.165) is 19.4 Å². The number of hydrogen-bond donors (Lipinski definition) is 2. The molecule has 0 spiro atoms. The molecule has 0 bridgehead atoms. The fourth-order valence-corrected chi connectivity index (χ4v) is 3.28. The number of halogens is 4. The topological polar surface area (TPSA) is 39.7 Å². The summed E-state index contributed by atoms with van der Waals surface area (Å²) in [6, 6.07) is 8.23. The number of nitrogens with one attached hydrogen (secondary N) is 2. The van der Waals surface area contributed by atoms with Crippen LogP contribution in [0.4, 0.5) is 13.2 Å². The van der Waals surface area contributed by atoms with Crippen LogP contribution in [0.15, 0.2) is 29.3 Å². The highest BCUT2D eigenvalue weighted by molar-refractivity contribution is 14.0. The molecule has 0 saturated carbocycles. The number of guanidine groups is 1. The van der Waals surface area contributed by atoms with E-state index in [9.17, 15) is 13.2 Å². The van der Waals surface area contributed by atoms with Crippen LogP contribution in [-0.4, -0.2) is 49.8 Å². The highest BCUT2D eigenvalue weighted by Crippen LogP contribution is 2.22. The van der Waals surface area contributed by atoms with Gasteiger partial charge in [0.05, 0.1) is 13.1 Å². The number of aryl methyl sites for hydroxylation is 1. The highest BCUT2D eigenvalue weighted by Gasteiger charge is 2.34. The zero-order chi connectivity index (χ0) is 19.0. The van der Waals surface area contributed by atoms with Crippen molar-refractivity contribution in [3.8, 4) is 0 Å². The summed E-state index contributed by atoms with van der Waals surface area (Å²) >= 11 is 0. The Morgan fingerprint density at radius 3 is 2.52 bits per heavy atom. The Balaban J connectivity index is 0.00000364. The predicted molar refractivity (Wildman–Crippen MR) is 115 cm³/mol. The predicted octanol–water partition coefficient (Wildman–Crippen LogP) is 3.81. The van der Waals surface area contributed by atoms with Crippen molar-refractivity contribution >= 4 is 29.9 Å². The highest BCUT2D eigenvalue weighted by atomic mass is 127. The molecule has 1 atom stereocenters. The van der Waals surface area contributed by atoms with E-state index < -0.39 is 12.7 Å². The summed E-state index contributed by atoms with van der Waals surface area (Å²) in [5.41, 5.74) is 2.48. The van der Waals surface area contributed by atoms with Crippen LogP contribution in [0, 0.1) is 5.92 Å². The average molecular weight is 498 g/mol. The molecule has 0 radical (unpaired) electrons. The van der Waals surface area contributed by atoms with Crippen LogP contribution in [0.25, 0.3) is 0 Å². The van der Waals surface area contributed by atoms with Gasteiger partial charge in [-0.1, -0.05) is 31.2 Å². The molecule has 1 fully saturated rings. The fraction of sp³-hybridized carbons (Fsp3) is 0.632. The van der Waals surface area contributed by atoms with Crippen LogP contribution in [0.1, 0.15) is 31.4 Å². The minimum absolute atomic E-state index is 0. The minimum Gasteiger partial charge on any atom is -0.357 e. The van der Waals surface area contributed by atoms with Crippen LogP contribution < -0.4 is 10.6 Å². The van der Waals surface area contributed by atoms with E-state index in [1.807, 2.05) is 19.1 Å². The summed E-state index contributed by atoms with van der Waals surface area (Å²) in [7, 11) is 0. The Labute approximate surface area is 177 Å². The van der Waals surface area contributed by atoms with E-state index in [1.165, 1.54) is 16.0 Å². The van der Waals surface area contributed by atoms with Crippen LogP contribution in [0.5, 0.6) is 0 Å². The third-order valence-corrected chi connectivity index (χ3v) is 4.58. The second kappa shape index (κ2) is 11.7. The van der Waals surface area contributed by atoms with Crippen molar-refractivity contribution < 1.29 is 13.2 Å². The lowest BCUT2D eigenvalue weighted by atomic mass is 10.1. The minimum atomic E-state index is -4.12. The van der Waals surface area contributed by atoms with E-state index in [4.69, 9.17) is 0 Å². The Morgan fingerprint density at radius 2 is 1.89 bits per heavy atom. The lowest BCUT2D eigenvalue weighted by Crippen LogP contribution is -2.40. The Kier molecular flexibility index (Phi) is 10.4. The van der Waals surface area contributed by atoms with Gasteiger partial charge in [-0.25, -0.2) is 4.99 Å². The quantitative estimate of drug-likeness (QED) is 0.342. The number of rotatable bonds is 7. The molecule has 8 heteroatoms. The second-order valence-corrected chi connectivity index (χ2v) is 6.70. The first-order valence-electron chi connectivity index (χ1n) is 9.29. The molecule has 1 saturated heterocycles. The van der Waals surface area contributed by atoms with Gasteiger partial charge in [-0.3, -0.25) is 4.90 Å². The summed E-state index contributed by atoms with van der Waals surface area (Å²) < 4.78 is 37.5. The van der Waals surface area contributed by atoms with Gasteiger partial charge < -0.3 is 10.6 Å². The Bertz CT molecular complexity index is 593. The van der Waals surface area contributed by atoms with Gasteiger partial charge in [0, 0.05) is 19.6 Å². The molecule has 2 rings (SSSR count). The number of nitrogens with zero attached hydrogens (tertiary/aromatic N) is 2. The molecule has 1 heterocycles. The number of likely N-dealkylation sites (tertiary alicyclic amines) is 1. The zero-order valence-electron chi connectivity index (χ0n) is 16.0. The van der Waals surface area contributed by atoms with Gasteiger partial charge in [0.1, 0.15) is 0 Å². The van der Waals surface area contributed by atoms with Crippen molar-refractivity contribution in [1.82, 2.24) is 15.5 Å². The summed E-state index contributed by atoms with van der Waals surface area (Å²) in [6.45, 7) is 6.25. The van der Waals surface area contributed by atoms with Gasteiger partial charge >= 0.3 is 6.18 Å². The molecule has 1 aliphatic rings. The number of alkyl halides is 3. The molecule has 0 aliphatic carbocycles. The zero-order valence-corrected chi connectivity index (χ0v) is 18.3. The molecule has 0 aromatic heterocycles. The molecule has 1 unspecified atom stereocenters. The largest absolute Gasteiger partial charge is 0.401 e. The molecule has 0 amide bonds. The number of hydrogen-bond acceptors (Lipinski definition) is 2. The number of benzene rings is 1. The molecule has 1 aromatic carbocycles. The molecule has 1 aliphatic heterocycles. The van der Waals surface area contributed by atoms with Crippen LogP contribution in [0.3, 0.4) is 0 Å². The molecule has 27 heavy (non-hydrogen) atoms. The normalized spacial score (nSPS) is 18.3. The van der Waals surface area contributed by atoms with Gasteiger partial charge in [-0.2, -0.15) is 13.2 Å². The molecule has 1 aromatic rings. The maximum Gasteiger partial charge on any atom is 0.401 e. The first-order valence-corrected chi connectivity index (χ1v) is 9.29. The van der Waals surface area contributed by atoms with Gasteiger partial charge in [-0.15, -0.1) is 24.0 Å². The molecule has 2 N–H and O–H groups in total. The van der Waals surface area contributed by atoms with E-state index in [0.29, 0.717) is 32.1 Å². The lowest BCUT2D eigenvalue weighted by Gasteiger charge is -2.18. The van der Waals surface area contributed by atoms with Crippen molar-refractivity contribution in [2.75, 3.05) is 32.7 Å². The molecular weight excluding hydrogens is 468 g/mol. The first kappa shape index (κ1) is 24.0. The standard InChI is InChI=1S/C19H29F3N4.HI/c1-3-16-7-5-6-8-17(16)12-25-18(23-4-2)24-11-15-9-10-26(13-15)14-19(20,21)22;/h5-8,15H,3-4,9-14H2,1-2H3,(H2,23,24,25);1H. The van der Waals surface area contributed by atoms with Crippen molar-refractivity contribution in [1.29, 1.82) is 0 Å². The summed E-state index contributed by atoms with van der Waals surface area (Å²) in [5, 5.41) is 6.49. The van der Waals surface area contributed by atoms with Gasteiger partial charge in [-0.05, 0) is 43.4 Å². The first-order chi connectivity index (χ1) is 12.4. The molecule has 154 valence electrons. The summed E-state index contributed by atoms with van der Waals surface area (Å²) in [5.74, 6) is 0.928. The van der Waals surface area contributed by atoms with Crippen molar-refractivity contribution in [2.45, 2.75) is 39.4 Å². The number of aliphatic imine (C=N–C) groups is 1. The maximum absolute atomic E-state index is 12.5. The van der Waals surface area contributed by atoms with Gasteiger partial charge in [0.25, 0.3) is 0 Å². The third kappa shape index (κ3) is 8.68. The fourth-order valence-electron chi connectivity index (χ4n) is 3.28. The summed E-state index contributed by atoms with van der Waals surface area (Å²) in [4.78, 5) is 6.11. The van der Waals surface area contributed by atoms with Crippen LogP contribution >= 0.6 is 24.0 Å². The lowest BCUT2D eigenvalue weighted by molar-refractivity contribution is -0.143. The second-order valence-electron chi connectivity index (χ2n) is 6.70. The van der Waals surface area contributed by atoms with Crippen molar-refractivity contribution in [2.24, 2.45) is 10.9 Å². The monoisotopic (exact) mass is 498 g/mol. The SMILES string of the molecule is CCNC(=NCc1ccccc1CC)NCC1CCN(CC(F)(F)F)C1.I. The third-order valence-electron chi connectivity index (χ3n) is 4.58. The maximum atomic E-state index is 12.5. The van der Waals surface area contributed by atoms with E-state index in [1.54, 1.807) is 0 Å². The Hall–Kier alpha value is -1.03. The smallest absolute Gasteiger partial charge is 0.357 e. The van der Waals surface area contributed by atoms with Crippen molar-refractivity contribution in [3.63, 3.8) is 0 Å². The van der Waals surface area contributed by atoms with Gasteiger partial charge in [0.2, 0.25) is 0 Å². The average Bonchev–Trinajstić information content (AvgIpc) is 3.03. The van der Waals surface area contributed by atoms with Crippen molar-refractivity contribution in [3.05, 3.63) is 35.4 Å². The Morgan fingerprint density at radius 1 is 1.19 bits per heavy atom. The van der Waals surface area contributed by atoms with E-state index in [-0.39, 0.29) is 29.9 Å². The van der Waals surface area contributed by atoms with Crippen LogP contribution in [-0.2, 0) is 13.0 Å². The van der Waals surface area contributed by atoms with E-state index in [2.05, 4.69) is 34.7 Å². The van der Waals surface area contributed by atoms with Crippen LogP contribution in [0.2, 0.25) is 0 Å².